The van der Waals surface area contributed by atoms with E-state index in [1.54, 1.807) is 26.0 Å². The molecule has 0 fully saturated rings. The Labute approximate surface area is 264 Å². The zero-order valence-corrected chi connectivity index (χ0v) is 26.2. The van der Waals surface area contributed by atoms with Crippen molar-refractivity contribution in [1.29, 1.82) is 0 Å². The second kappa shape index (κ2) is 14.2. The van der Waals surface area contributed by atoms with Crippen LogP contribution in [0.5, 0.6) is 0 Å². The van der Waals surface area contributed by atoms with Crippen LogP contribution in [0, 0.1) is 27.7 Å². The van der Waals surface area contributed by atoms with E-state index in [1.165, 1.54) is 24.3 Å². The fourth-order valence-corrected chi connectivity index (χ4v) is 5.70. The van der Waals surface area contributed by atoms with E-state index in [9.17, 15) is 28.2 Å². The Bertz CT molecular complexity index is 1680. The smallest absolute Gasteiger partial charge is 0.379 e. The summed E-state index contributed by atoms with van der Waals surface area (Å²) in [6, 6.07) is 16.4. The van der Waals surface area contributed by atoms with E-state index < -0.39 is 23.9 Å². The van der Waals surface area contributed by atoms with Gasteiger partial charge >= 0.3 is 23.9 Å². The fraction of sp³-hybridized carbons (Fsp3) is 0.222. The number of rotatable bonds is 9. The lowest BCUT2D eigenvalue weighted by molar-refractivity contribution is -0.0789. The Morgan fingerprint density at radius 2 is 0.739 bits per heavy atom. The molecule has 4 aromatic carbocycles. The number of esters is 2. The van der Waals surface area contributed by atoms with Crippen LogP contribution in [0.4, 0.5) is 9.05 Å². The maximum absolute atomic E-state index is 12.8. The van der Waals surface area contributed by atoms with Crippen LogP contribution in [0.25, 0.3) is 33.4 Å². The first-order valence-electron chi connectivity index (χ1n) is 14.5. The summed E-state index contributed by atoms with van der Waals surface area (Å²) in [7, 11) is 0. The number of hydrogen-bond acceptors (Lipinski definition) is 8. The largest absolute Gasteiger partial charge is 0.462 e. The van der Waals surface area contributed by atoms with E-state index in [2.05, 4.69) is 9.88 Å². The molecular formula is C36H32F2O8. The lowest BCUT2D eigenvalue weighted by atomic mass is 9.87. The summed E-state index contributed by atoms with van der Waals surface area (Å²) >= 11 is 0. The summed E-state index contributed by atoms with van der Waals surface area (Å²) < 4.78 is 35.8. The van der Waals surface area contributed by atoms with Crippen LogP contribution in [0.3, 0.4) is 0 Å². The van der Waals surface area contributed by atoms with Gasteiger partial charge in [0.2, 0.25) is 0 Å². The lowest BCUT2D eigenvalue weighted by Crippen LogP contribution is -2.08. The topological polar surface area (TPSA) is 105 Å². The standard InChI is InChI=1S/C36H32F2O8/c1-7-43-33(39)27-13-25(15-29(17-27)35(41)45-37)31-19(3)9-23(10-20(31)4)24-11-21(5)32(22(6)12-24)26-14-28(34(40)44-8-2)18-30(16-26)36(42)46-38/h9-18H,7-8H2,1-6H3. The Hall–Kier alpha value is -5.38. The van der Waals surface area contributed by atoms with Crippen molar-refractivity contribution in [2.75, 3.05) is 13.2 Å². The molecule has 0 spiro atoms. The highest BCUT2D eigenvalue weighted by Gasteiger charge is 2.21. The van der Waals surface area contributed by atoms with Crippen molar-refractivity contribution in [3.05, 3.63) is 105 Å². The van der Waals surface area contributed by atoms with Gasteiger partial charge in [-0.3, -0.25) is 0 Å². The molecule has 0 bridgehead atoms. The second-order valence-electron chi connectivity index (χ2n) is 10.7. The summed E-state index contributed by atoms with van der Waals surface area (Å²) in [5, 5.41) is 0. The van der Waals surface area contributed by atoms with Crippen LogP contribution in [0.15, 0.2) is 60.7 Å². The zero-order chi connectivity index (χ0) is 33.7. The number of halogens is 2. The highest BCUT2D eigenvalue weighted by atomic mass is 19.3. The van der Waals surface area contributed by atoms with Gasteiger partial charge in [-0.1, -0.05) is 24.3 Å². The molecule has 8 nitrogen and oxygen atoms in total. The van der Waals surface area contributed by atoms with Crippen molar-refractivity contribution in [3.8, 4) is 33.4 Å². The van der Waals surface area contributed by atoms with Gasteiger partial charge in [-0.25, -0.2) is 29.1 Å². The average molecular weight is 631 g/mol. The average Bonchev–Trinajstić information content (AvgIpc) is 3.03. The first-order chi connectivity index (χ1) is 21.9. The van der Waals surface area contributed by atoms with Gasteiger partial charge in [0.15, 0.2) is 0 Å². The van der Waals surface area contributed by atoms with Crippen molar-refractivity contribution < 1.29 is 47.6 Å². The summed E-state index contributed by atoms with van der Waals surface area (Å²) in [6.45, 7) is 11.1. The first kappa shape index (κ1) is 33.5. The van der Waals surface area contributed by atoms with Crippen LogP contribution in [0.1, 0.15) is 77.5 Å². The zero-order valence-electron chi connectivity index (χ0n) is 26.2. The van der Waals surface area contributed by atoms with Crippen LogP contribution in [0.2, 0.25) is 0 Å². The van der Waals surface area contributed by atoms with Gasteiger partial charge < -0.3 is 9.47 Å². The molecule has 0 saturated carbocycles. The molecule has 0 N–H and O–H groups in total. The number of ether oxygens (including phenoxy) is 2. The van der Waals surface area contributed by atoms with Gasteiger partial charge in [0, 0.05) is 9.05 Å². The molecule has 0 aliphatic rings. The van der Waals surface area contributed by atoms with Crippen molar-refractivity contribution in [1.82, 2.24) is 0 Å². The molecule has 0 heterocycles. The Morgan fingerprint density at radius 3 is 1.00 bits per heavy atom. The maximum Gasteiger partial charge on any atom is 0.379 e. The molecule has 238 valence electrons. The fourth-order valence-electron chi connectivity index (χ4n) is 5.70. The molecule has 0 aliphatic heterocycles. The summed E-state index contributed by atoms with van der Waals surface area (Å²) in [4.78, 5) is 56.0. The Balaban J connectivity index is 1.81. The SMILES string of the molecule is CCOC(=O)c1cc(C(=O)OF)cc(-c2c(C)cc(-c3cc(C)c(-c4cc(C(=O)OF)cc(C(=O)OCC)c4)c(C)c3)cc2C)c1. The van der Waals surface area contributed by atoms with Crippen molar-refractivity contribution in [2.45, 2.75) is 41.5 Å². The predicted octanol–water partition coefficient (Wildman–Crippen LogP) is 8.36. The molecule has 4 aromatic rings. The van der Waals surface area contributed by atoms with Gasteiger partial charge in [0.1, 0.15) is 0 Å². The van der Waals surface area contributed by atoms with Crippen molar-refractivity contribution >= 4 is 23.9 Å². The molecule has 0 unspecified atom stereocenters. The Morgan fingerprint density at radius 1 is 0.457 bits per heavy atom. The summed E-state index contributed by atoms with van der Waals surface area (Å²) in [6.07, 6.45) is 0. The third-order valence-electron chi connectivity index (χ3n) is 7.48. The van der Waals surface area contributed by atoms with E-state index in [1.807, 2.05) is 52.0 Å². The third-order valence-corrected chi connectivity index (χ3v) is 7.48. The van der Waals surface area contributed by atoms with Crippen LogP contribution < -0.4 is 0 Å². The molecule has 0 saturated heterocycles. The molecule has 0 amide bonds. The minimum Gasteiger partial charge on any atom is -0.462 e. The summed E-state index contributed by atoms with van der Waals surface area (Å²) in [5.74, 6) is -3.77. The van der Waals surface area contributed by atoms with Gasteiger partial charge in [0.05, 0.1) is 35.5 Å². The van der Waals surface area contributed by atoms with E-state index in [-0.39, 0.29) is 35.5 Å². The molecule has 4 rings (SSSR count). The molecule has 0 atom stereocenters. The lowest BCUT2D eigenvalue weighted by Gasteiger charge is -2.18. The van der Waals surface area contributed by atoms with Crippen molar-refractivity contribution in [3.63, 3.8) is 0 Å². The predicted molar refractivity (Wildman–Crippen MR) is 167 cm³/mol. The second-order valence-corrected chi connectivity index (χ2v) is 10.7. The van der Waals surface area contributed by atoms with E-state index in [4.69, 9.17) is 9.47 Å². The minimum atomic E-state index is -1.23. The van der Waals surface area contributed by atoms with E-state index in [0.717, 1.165) is 44.5 Å². The maximum atomic E-state index is 12.8. The van der Waals surface area contributed by atoms with E-state index in [0.29, 0.717) is 11.1 Å². The number of hydrogen-bond donors (Lipinski definition) is 0. The quantitative estimate of drug-likeness (QED) is 0.170. The van der Waals surface area contributed by atoms with Gasteiger partial charge in [-0.15, -0.1) is 0 Å². The number of aryl methyl sites for hydroxylation is 4. The Kier molecular flexibility index (Phi) is 10.3. The normalized spacial score (nSPS) is 10.7. The number of carbonyl (C=O) groups is 4. The molecule has 10 heteroatoms. The van der Waals surface area contributed by atoms with Crippen LogP contribution in [-0.4, -0.2) is 37.1 Å². The molecular weight excluding hydrogens is 598 g/mol. The molecule has 0 aromatic heterocycles. The molecule has 0 radical (unpaired) electrons. The van der Waals surface area contributed by atoms with Crippen molar-refractivity contribution in [2.24, 2.45) is 0 Å². The third kappa shape index (κ3) is 6.96. The van der Waals surface area contributed by atoms with Crippen LogP contribution >= 0.6 is 0 Å². The van der Waals surface area contributed by atoms with Gasteiger partial charge in [0.25, 0.3) is 0 Å². The highest BCUT2D eigenvalue weighted by Crippen LogP contribution is 2.37. The summed E-state index contributed by atoms with van der Waals surface area (Å²) in [5.41, 5.74) is 7.47. The minimum absolute atomic E-state index is 0.0828. The van der Waals surface area contributed by atoms with Gasteiger partial charge in [-0.05, 0) is 134 Å². The number of benzene rings is 4. The number of carbonyl (C=O) groups excluding carboxylic acids is 4. The first-order valence-corrected chi connectivity index (χ1v) is 14.5. The molecule has 0 aliphatic carbocycles. The highest BCUT2D eigenvalue weighted by molar-refractivity contribution is 5.99. The van der Waals surface area contributed by atoms with Crippen LogP contribution in [-0.2, 0) is 19.4 Å². The van der Waals surface area contributed by atoms with E-state index >= 15 is 0 Å². The monoisotopic (exact) mass is 630 g/mol. The molecule has 46 heavy (non-hydrogen) atoms. The van der Waals surface area contributed by atoms with Gasteiger partial charge in [-0.2, -0.15) is 0 Å².